The summed E-state index contributed by atoms with van der Waals surface area (Å²) in [5.41, 5.74) is 0. The summed E-state index contributed by atoms with van der Waals surface area (Å²) in [7, 11) is 0. The van der Waals surface area contributed by atoms with Crippen molar-refractivity contribution in [2.24, 2.45) is 5.92 Å². The zero-order valence-electron chi connectivity index (χ0n) is 11.4. The number of alkyl halides is 2. The molecule has 0 bridgehead atoms. The molecule has 106 valence electrons. The number of hydrogen-bond donors (Lipinski definition) is 1. The molecule has 0 radical (unpaired) electrons. The first-order valence-corrected chi connectivity index (χ1v) is 7.42. The van der Waals surface area contributed by atoms with Crippen LogP contribution in [0, 0.1) is 5.92 Å². The van der Waals surface area contributed by atoms with Crippen LogP contribution in [0.15, 0.2) is 0 Å². The maximum atomic E-state index is 13.3. The van der Waals surface area contributed by atoms with Crippen molar-refractivity contribution in [3.05, 3.63) is 0 Å². The van der Waals surface area contributed by atoms with Gasteiger partial charge in [-0.15, -0.1) is 0 Å². The first-order chi connectivity index (χ1) is 8.59. The largest absolute Gasteiger partial charge is 0.314 e. The van der Waals surface area contributed by atoms with Gasteiger partial charge in [0.15, 0.2) is 0 Å². The molecule has 2 fully saturated rings. The Morgan fingerprint density at radius 3 is 2.56 bits per heavy atom. The lowest BCUT2D eigenvalue weighted by molar-refractivity contribution is -0.0577. The van der Waals surface area contributed by atoms with Gasteiger partial charge in [-0.2, -0.15) is 0 Å². The Bertz CT molecular complexity index is 250. The van der Waals surface area contributed by atoms with Gasteiger partial charge >= 0.3 is 0 Å². The van der Waals surface area contributed by atoms with Gasteiger partial charge in [-0.3, -0.25) is 0 Å². The number of piperidine rings is 1. The molecule has 2 aliphatic rings. The summed E-state index contributed by atoms with van der Waals surface area (Å²) in [6, 6.07) is 0.638. The minimum atomic E-state index is -2.40. The molecule has 0 aromatic heterocycles. The minimum absolute atomic E-state index is 0.103. The van der Waals surface area contributed by atoms with Gasteiger partial charge in [-0.25, -0.2) is 8.78 Å². The van der Waals surface area contributed by atoms with Crippen molar-refractivity contribution in [2.45, 2.75) is 57.4 Å². The van der Waals surface area contributed by atoms with Gasteiger partial charge < -0.3 is 10.2 Å². The van der Waals surface area contributed by atoms with Crippen LogP contribution >= 0.6 is 0 Å². The Morgan fingerprint density at radius 2 is 1.94 bits per heavy atom. The topological polar surface area (TPSA) is 15.3 Å². The maximum absolute atomic E-state index is 13.3. The molecule has 0 spiro atoms. The summed E-state index contributed by atoms with van der Waals surface area (Å²) in [6.45, 7) is 6.18. The Balaban J connectivity index is 1.71. The molecule has 0 amide bonds. The van der Waals surface area contributed by atoms with Crippen LogP contribution in [0.4, 0.5) is 8.78 Å². The Hall–Kier alpha value is -0.220. The summed E-state index contributed by atoms with van der Waals surface area (Å²) < 4.78 is 26.7. The highest BCUT2D eigenvalue weighted by atomic mass is 19.3. The molecule has 1 aliphatic heterocycles. The van der Waals surface area contributed by atoms with E-state index in [1.807, 2.05) is 0 Å². The van der Waals surface area contributed by atoms with Gasteiger partial charge in [-0.05, 0) is 51.2 Å². The number of rotatable bonds is 4. The second kappa shape index (κ2) is 6.29. The van der Waals surface area contributed by atoms with E-state index >= 15 is 0 Å². The third kappa shape index (κ3) is 4.16. The van der Waals surface area contributed by atoms with Gasteiger partial charge in [0.05, 0.1) is 0 Å². The molecule has 1 saturated heterocycles. The van der Waals surface area contributed by atoms with Crippen molar-refractivity contribution < 1.29 is 8.78 Å². The summed E-state index contributed by atoms with van der Waals surface area (Å²) in [4.78, 5) is 2.39. The molecule has 1 aliphatic carbocycles. The number of likely N-dealkylation sites (tertiary alicyclic amines) is 1. The SMILES string of the molecule is CCNC1CCN(CC2CCCC(F)(F)C2)CC1. The predicted octanol–water partition coefficient (Wildman–Crippen LogP) is 2.89. The summed E-state index contributed by atoms with van der Waals surface area (Å²) in [5, 5.41) is 3.48. The van der Waals surface area contributed by atoms with Crippen molar-refractivity contribution in [3.63, 3.8) is 0 Å². The van der Waals surface area contributed by atoms with Crippen LogP contribution in [0.5, 0.6) is 0 Å². The third-order valence-electron chi connectivity index (χ3n) is 4.34. The highest BCUT2D eigenvalue weighted by Gasteiger charge is 2.36. The molecular formula is C14H26F2N2. The van der Waals surface area contributed by atoms with Crippen molar-refractivity contribution >= 4 is 0 Å². The van der Waals surface area contributed by atoms with Gasteiger partial charge in [-0.1, -0.05) is 6.92 Å². The van der Waals surface area contributed by atoms with Crippen molar-refractivity contribution in [3.8, 4) is 0 Å². The molecule has 0 aromatic rings. The Labute approximate surface area is 109 Å². The molecule has 1 saturated carbocycles. The first-order valence-electron chi connectivity index (χ1n) is 7.42. The lowest BCUT2D eigenvalue weighted by Gasteiger charge is -2.37. The normalized spacial score (nSPS) is 30.5. The highest BCUT2D eigenvalue weighted by molar-refractivity contribution is 4.83. The van der Waals surface area contributed by atoms with Gasteiger partial charge in [0.1, 0.15) is 0 Å². The summed E-state index contributed by atoms with van der Waals surface area (Å²) >= 11 is 0. The smallest absolute Gasteiger partial charge is 0.248 e. The van der Waals surface area contributed by atoms with E-state index in [0.29, 0.717) is 12.5 Å². The Kier molecular flexibility index (Phi) is 4.96. The average molecular weight is 260 g/mol. The fourth-order valence-corrected chi connectivity index (χ4v) is 3.41. The van der Waals surface area contributed by atoms with E-state index in [9.17, 15) is 8.78 Å². The van der Waals surface area contributed by atoms with Crippen LogP contribution in [0.1, 0.15) is 45.4 Å². The second-order valence-electron chi connectivity index (χ2n) is 5.95. The Morgan fingerprint density at radius 1 is 1.22 bits per heavy atom. The molecule has 1 atom stereocenters. The van der Waals surface area contributed by atoms with E-state index in [-0.39, 0.29) is 18.8 Å². The van der Waals surface area contributed by atoms with Crippen LogP contribution in [0.25, 0.3) is 0 Å². The minimum Gasteiger partial charge on any atom is -0.314 e. The van der Waals surface area contributed by atoms with E-state index in [2.05, 4.69) is 17.1 Å². The fraction of sp³-hybridized carbons (Fsp3) is 1.00. The van der Waals surface area contributed by atoms with E-state index in [0.717, 1.165) is 45.4 Å². The van der Waals surface area contributed by atoms with Crippen molar-refractivity contribution in [1.29, 1.82) is 0 Å². The van der Waals surface area contributed by atoms with Crippen LogP contribution in [-0.2, 0) is 0 Å². The molecule has 2 nitrogen and oxygen atoms in total. The maximum Gasteiger partial charge on any atom is 0.248 e. The zero-order valence-corrected chi connectivity index (χ0v) is 11.4. The average Bonchev–Trinajstić information content (AvgIpc) is 2.31. The van der Waals surface area contributed by atoms with Crippen molar-refractivity contribution in [1.82, 2.24) is 10.2 Å². The first kappa shape index (κ1) is 14.2. The fourth-order valence-electron chi connectivity index (χ4n) is 3.41. The van der Waals surface area contributed by atoms with Crippen LogP contribution in [0.2, 0.25) is 0 Å². The van der Waals surface area contributed by atoms with Crippen LogP contribution in [-0.4, -0.2) is 43.0 Å². The number of nitrogens with zero attached hydrogens (tertiary/aromatic N) is 1. The van der Waals surface area contributed by atoms with Gasteiger partial charge in [0.2, 0.25) is 5.92 Å². The van der Waals surface area contributed by atoms with Gasteiger partial charge in [0.25, 0.3) is 0 Å². The van der Waals surface area contributed by atoms with E-state index in [1.165, 1.54) is 0 Å². The van der Waals surface area contributed by atoms with E-state index < -0.39 is 5.92 Å². The highest BCUT2D eigenvalue weighted by Crippen LogP contribution is 2.37. The second-order valence-corrected chi connectivity index (χ2v) is 5.95. The quantitative estimate of drug-likeness (QED) is 0.836. The van der Waals surface area contributed by atoms with E-state index in [4.69, 9.17) is 0 Å². The van der Waals surface area contributed by atoms with E-state index in [1.54, 1.807) is 0 Å². The predicted molar refractivity (Wildman–Crippen MR) is 70.0 cm³/mol. The summed E-state index contributed by atoms with van der Waals surface area (Å²) in [6.07, 6.45) is 4.23. The van der Waals surface area contributed by atoms with Crippen molar-refractivity contribution in [2.75, 3.05) is 26.2 Å². The molecule has 1 N–H and O–H groups in total. The molecule has 0 aromatic carbocycles. The van der Waals surface area contributed by atoms with Crippen LogP contribution in [0.3, 0.4) is 0 Å². The summed E-state index contributed by atoms with van der Waals surface area (Å²) in [5.74, 6) is -2.19. The third-order valence-corrected chi connectivity index (χ3v) is 4.34. The molecular weight excluding hydrogens is 234 g/mol. The van der Waals surface area contributed by atoms with Gasteiger partial charge in [0, 0.05) is 25.4 Å². The standard InChI is InChI=1S/C14H26F2N2/c1-2-17-13-5-8-18(9-6-13)11-12-4-3-7-14(15,16)10-12/h12-13,17H,2-11H2,1H3. The monoisotopic (exact) mass is 260 g/mol. The number of hydrogen-bond acceptors (Lipinski definition) is 2. The number of halogens is 2. The lowest BCUT2D eigenvalue weighted by atomic mass is 9.86. The molecule has 1 unspecified atom stereocenters. The molecule has 1 heterocycles. The molecule has 2 rings (SSSR count). The lowest BCUT2D eigenvalue weighted by Crippen LogP contribution is -2.45. The zero-order chi connectivity index (χ0) is 13.0. The molecule has 18 heavy (non-hydrogen) atoms. The number of nitrogens with one attached hydrogen (secondary N) is 1. The molecule has 4 heteroatoms. The van der Waals surface area contributed by atoms with Crippen LogP contribution < -0.4 is 5.32 Å².